The summed E-state index contributed by atoms with van der Waals surface area (Å²) in [5.74, 6) is -0.649. The van der Waals surface area contributed by atoms with E-state index >= 15 is 0 Å². The first-order valence-corrected chi connectivity index (χ1v) is 8.26. The Labute approximate surface area is 149 Å². The van der Waals surface area contributed by atoms with Crippen molar-refractivity contribution in [2.75, 3.05) is 0 Å². The number of carbonyl (C=O) groups is 2. The van der Waals surface area contributed by atoms with E-state index in [1.54, 1.807) is 18.6 Å². The molecule has 0 saturated carbocycles. The van der Waals surface area contributed by atoms with Crippen LogP contribution in [0.3, 0.4) is 0 Å². The number of aryl methyl sites for hydroxylation is 1. The van der Waals surface area contributed by atoms with Crippen molar-refractivity contribution in [2.24, 2.45) is 5.73 Å². The van der Waals surface area contributed by atoms with E-state index in [9.17, 15) is 9.59 Å². The molecule has 4 rings (SSSR count). The molecule has 0 saturated heterocycles. The lowest BCUT2D eigenvalue weighted by molar-refractivity contribution is 0.0989. The van der Waals surface area contributed by atoms with Crippen LogP contribution in [0, 0.1) is 0 Å². The number of nitrogens with zero attached hydrogens (tertiary/aromatic N) is 2. The molecule has 0 radical (unpaired) electrons. The maximum absolute atomic E-state index is 12.9. The van der Waals surface area contributed by atoms with E-state index < -0.39 is 5.91 Å². The molecule has 0 spiro atoms. The number of amides is 1. The largest absolute Gasteiger partial charge is 0.364 e. The van der Waals surface area contributed by atoms with E-state index in [2.05, 4.69) is 15.0 Å². The quantitative estimate of drug-likeness (QED) is 0.713. The molecule has 1 aliphatic rings. The number of ketones is 1. The van der Waals surface area contributed by atoms with Gasteiger partial charge in [0.1, 0.15) is 5.69 Å². The summed E-state index contributed by atoms with van der Waals surface area (Å²) in [6, 6.07) is 11.0. The third-order valence-electron chi connectivity index (χ3n) is 4.47. The fourth-order valence-electron chi connectivity index (χ4n) is 3.17. The van der Waals surface area contributed by atoms with Crippen LogP contribution in [-0.4, -0.2) is 26.6 Å². The molecule has 3 aromatic rings. The van der Waals surface area contributed by atoms with E-state index in [4.69, 9.17) is 5.73 Å². The third-order valence-corrected chi connectivity index (χ3v) is 4.47. The normalized spacial score (nSPS) is 15.1. The average molecular weight is 344 g/mol. The molecule has 1 aromatic carbocycles. The first kappa shape index (κ1) is 16.0. The van der Waals surface area contributed by atoms with Gasteiger partial charge in [0.15, 0.2) is 5.78 Å². The molecule has 6 heteroatoms. The highest BCUT2D eigenvalue weighted by Crippen LogP contribution is 2.29. The van der Waals surface area contributed by atoms with Crippen molar-refractivity contribution in [3.63, 3.8) is 0 Å². The number of hydrogen-bond acceptors (Lipinski definition) is 4. The average Bonchev–Trinajstić information content (AvgIpc) is 3.18. The van der Waals surface area contributed by atoms with Gasteiger partial charge in [-0.1, -0.05) is 24.3 Å². The van der Waals surface area contributed by atoms with Gasteiger partial charge in [-0.05, 0) is 36.6 Å². The number of nitrogens with two attached hydrogens (primary N) is 1. The Morgan fingerprint density at radius 2 is 1.96 bits per heavy atom. The first-order chi connectivity index (χ1) is 12.6. The minimum Gasteiger partial charge on any atom is -0.364 e. The van der Waals surface area contributed by atoms with Crippen LogP contribution in [0.1, 0.15) is 38.5 Å². The molecule has 1 aliphatic carbocycles. The Morgan fingerprint density at radius 3 is 2.73 bits per heavy atom. The summed E-state index contributed by atoms with van der Waals surface area (Å²) in [5, 5.41) is 0. The molecular formula is C20H16N4O2. The number of hydrogen-bond donors (Lipinski definition) is 2. The van der Waals surface area contributed by atoms with Crippen molar-refractivity contribution >= 4 is 17.8 Å². The van der Waals surface area contributed by atoms with Gasteiger partial charge in [-0.15, -0.1) is 0 Å². The number of Topliss-reactive ketones (excluding diaryl/α,β-unsaturated/α-hetero) is 1. The summed E-state index contributed by atoms with van der Waals surface area (Å²) >= 11 is 0. The van der Waals surface area contributed by atoms with Gasteiger partial charge in [-0.25, -0.2) is 9.97 Å². The van der Waals surface area contributed by atoms with Gasteiger partial charge < -0.3 is 10.7 Å². The van der Waals surface area contributed by atoms with Gasteiger partial charge in [0.25, 0.3) is 5.91 Å². The molecule has 0 bridgehead atoms. The van der Waals surface area contributed by atoms with Crippen LogP contribution >= 0.6 is 0 Å². The van der Waals surface area contributed by atoms with Crippen molar-refractivity contribution in [1.29, 1.82) is 0 Å². The molecule has 0 aliphatic heterocycles. The number of H-pyrrole nitrogens is 1. The molecule has 0 atom stereocenters. The van der Waals surface area contributed by atoms with Crippen LogP contribution in [0.2, 0.25) is 0 Å². The van der Waals surface area contributed by atoms with E-state index in [0.29, 0.717) is 24.1 Å². The number of benzene rings is 1. The van der Waals surface area contributed by atoms with Gasteiger partial charge in [-0.3, -0.25) is 9.59 Å². The van der Waals surface area contributed by atoms with E-state index in [0.717, 1.165) is 22.4 Å². The molecule has 3 N–H and O–H groups in total. The van der Waals surface area contributed by atoms with Gasteiger partial charge in [0.2, 0.25) is 0 Å². The zero-order valence-electron chi connectivity index (χ0n) is 13.9. The maximum Gasteiger partial charge on any atom is 0.267 e. The first-order valence-electron chi connectivity index (χ1n) is 8.26. The highest BCUT2D eigenvalue weighted by atomic mass is 16.1. The number of carbonyl (C=O) groups excluding carboxylic acids is 2. The van der Waals surface area contributed by atoms with Crippen molar-refractivity contribution in [1.82, 2.24) is 15.0 Å². The fourth-order valence-corrected chi connectivity index (χ4v) is 3.17. The lowest BCUT2D eigenvalue weighted by Gasteiger charge is -2.17. The smallest absolute Gasteiger partial charge is 0.267 e. The molecule has 2 heterocycles. The summed E-state index contributed by atoms with van der Waals surface area (Å²) in [4.78, 5) is 35.5. The van der Waals surface area contributed by atoms with Crippen molar-refractivity contribution in [3.05, 3.63) is 77.0 Å². The van der Waals surface area contributed by atoms with Crippen molar-refractivity contribution < 1.29 is 9.59 Å². The Morgan fingerprint density at radius 1 is 1.12 bits per heavy atom. The van der Waals surface area contributed by atoms with Crippen LogP contribution in [0.4, 0.5) is 0 Å². The van der Waals surface area contributed by atoms with Gasteiger partial charge in [0.05, 0.1) is 23.9 Å². The highest BCUT2D eigenvalue weighted by Gasteiger charge is 2.24. The van der Waals surface area contributed by atoms with E-state index in [-0.39, 0.29) is 11.5 Å². The second-order valence-corrected chi connectivity index (χ2v) is 6.11. The zero-order chi connectivity index (χ0) is 18.1. The molecule has 26 heavy (non-hydrogen) atoms. The number of aromatic nitrogens is 3. The molecule has 0 fully saturated rings. The number of rotatable bonds is 3. The number of nitrogens with one attached hydrogen (secondary N) is 1. The number of aromatic amines is 1. The van der Waals surface area contributed by atoms with Crippen LogP contribution in [0.25, 0.3) is 17.3 Å². The van der Waals surface area contributed by atoms with E-state index in [1.165, 1.54) is 6.07 Å². The van der Waals surface area contributed by atoms with E-state index in [1.807, 2.05) is 30.3 Å². The second kappa shape index (κ2) is 6.40. The number of primary amides is 1. The summed E-state index contributed by atoms with van der Waals surface area (Å²) in [7, 11) is 0. The maximum atomic E-state index is 12.9. The molecule has 6 nitrogen and oxygen atoms in total. The lowest BCUT2D eigenvalue weighted by atomic mass is 9.88. The van der Waals surface area contributed by atoms with Gasteiger partial charge in [-0.2, -0.15) is 0 Å². The summed E-state index contributed by atoms with van der Waals surface area (Å²) in [6.07, 6.45) is 6.47. The number of allylic oxidation sites excluding steroid dienone is 1. The zero-order valence-corrected chi connectivity index (χ0v) is 13.9. The Hall–Kier alpha value is -3.54. The summed E-state index contributed by atoms with van der Waals surface area (Å²) < 4.78 is 0. The fraction of sp³-hybridized carbons (Fsp3) is 0.100. The number of imidazole rings is 1. The third kappa shape index (κ3) is 2.82. The topological polar surface area (TPSA) is 102 Å². The molecular weight excluding hydrogens is 328 g/mol. The second-order valence-electron chi connectivity index (χ2n) is 6.11. The van der Waals surface area contributed by atoms with Crippen LogP contribution in [-0.2, 0) is 6.42 Å². The van der Waals surface area contributed by atoms with Crippen LogP contribution < -0.4 is 5.73 Å². The van der Waals surface area contributed by atoms with Crippen molar-refractivity contribution in [2.45, 2.75) is 12.8 Å². The molecule has 0 unspecified atom stereocenters. The Bertz CT molecular complexity index is 1040. The number of fused-ring (bicyclic) bond motifs is 1. The predicted molar refractivity (Wildman–Crippen MR) is 97.4 cm³/mol. The Kier molecular flexibility index (Phi) is 3.93. The Balaban J connectivity index is 1.73. The molecule has 1 amide bonds. The minimum absolute atomic E-state index is 0.0609. The minimum atomic E-state index is -0.588. The monoisotopic (exact) mass is 344 g/mol. The van der Waals surface area contributed by atoms with Crippen LogP contribution in [0.5, 0.6) is 0 Å². The van der Waals surface area contributed by atoms with Crippen LogP contribution in [0.15, 0.2) is 54.5 Å². The summed E-state index contributed by atoms with van der Waals surface area (Å²) in [6.45, 7) is 0. The van der Waals surface area contributed by atoms with Gasteiger partial charge in [0, 0.05) is 16.7 Å². The van der Waals surface area contributed by atoms with Gasteiger partial charge >= 0.3 is 0 Å². The predicted octanol–water partition coefficient (Wildman–Crippen LogP) is 2.78. The van der Waals surface area contributed by atoms with Crippen molar-refractivity contribution in [3.8, 4) is 11.3 Å². The molecule has 2 aromatic heterocycles. The molecule has 128 valence electrons. The number of pyridine rings is 1. The lowest BCUT2D eigenvalue weighted by Crippen LogP contribution is -2.20. The SMILES string of the molecule is NC(=O)c1ccc2c(n1)CC/C(=C\c1ccccc1-c1cnc[nH]1)C2=O. The summed E-state index contributed by atoms with van der Waals surface area (Å²) in [5.41, 5.74) is 10.2. The standard InChI is InChI=1S/C20H16N4O2/c21-20(26)17-8-6-15-16(24-17)7-5-13(19(15)25)9-12-3-1-2-4-14(12)18-10-22-11-23-18/h1-4,6,8-11H,5,7H2,(H2,21,26)(H,22,23)/b13-9+. The highest BCUT2D eigenvalue weighted by molar-refractivity contribution is 6.13.